The Morgan fingerprint density at radius 3 is 2.48 bits per heavy atom. The molecule has 1 fully saturated rings. The molecule has 3 nitrogen and oxygen atoms in total. The van der Waals surface area contributed by atoms with Crippen LogP contribution in [0, 0.1) is 0 Å². The fraction of sp³-hybridized carbons (Fsp3) is 0.667. The molecule has 0 spiro atoms. The van der Waals surface area contributed by atoms with E-state index in [9.17, 15) is 0 Å². The predicted octanol–water partition coefficient (Wildman–Crippen LogP) is 4.08. The molecular weight excluding hydrogens is 262 g/mol. The second-order valence-corrected chi connectivity index (χ2v) is 6.23. The number of nitrogens with one attached hydrogen (secondary N) is 1. The van der Waals surface area contributed by atoms with Crippen LogP contribution in [-0.2, 0) is 4.74 Å². The normalized spacial score (nSPS) is 23.5. The van der Waals surface area contributed by atoms with Gasteiger partial charge in [-0.3, -0.25) is 0 Å². The molecule has 118 valence electrons. The van der Waals surface area contributed by atoms with Gasteiger partial charge in [-0.2, -0.15) is 0 Å². The lowest BCUT2D eigenvalue weighted by Crippen LogP contribution is -2.32. The van der Waals surface area contributed by atoms with Crippen molar-refractivity contribution in [2.24, 2.45) is 0 Å². The molecule has 0 bridgehead atoms. The van der Waals surface area contributed by atoms with E-state index in [4.69, 9.17) is 9.47 Å². The van der Waals surface area contributed by atoms with Crippen LogP contribution in [0.5, 0.6) is 5.75 Å². The van der Waals surface area contributed by atoms with E-state index in [2.05, 4.69) is 43.4 Å². The van der Waals surface area contributed by atoms with E-state index in [1.54, 1.807) is 0 Å². The molecule has 1 saturated heterocycles. The standard InChI is InChI=1S/C18H29NO2/c1-5-12-19-18(17-11-6-14(4)21-17)15-7-9-16(10-8-15)20-13(2)3/h7-10,13-14,17-19H,5-6,11-12H2,1-4H3. The van der Waals surface area contributed by atoms with Crippen molar-refractivity contribution in [1.82, 2.24) is 5.32 Å². The van der Waals surface area contributed by atoms with Gasteiger partial charge in [-0.05, 0) is 64.3 Å². The third kappa shape index (κ3) is 4.72. The van der Waals surface area contributed by atoms with Gasteiger partial charge in [-0.1, -0.05) is 19.1 Å². The molecule has 1 N–H and O–H groups in total. The average Bonchev–Trinajstić information content (AvgIpc) is 2.87. The van der Waals surface area contributed by atoms with Gasteiger partial charge in [0.15, 0.2) is 0 Å². The Balaban J connectivity index is 2.08. The summed E-state index contributed by atoms with van der Waals surface area (Å²) in [5.74, 6) is 0.934. The zero-order valence-corrected chi connectivity index (χ0v) is 13.8. The molecule has 1 aromatic carbocycles. The third-order valence-electron chi connectivity index (χ3n) is 3.86. The molecule has 2 rings (SSSR count). The van der Waals surface area contributed by atoms with E-state index in [1.807, 2.05) is 13.8 Å². The van der Waals surface area contributed by atoms with Crippen LogP contribution in [0.4, 0.5) is 0 Å². The van der Waals surface area contributed by atoms with Crippen molar-refractivity contribution in [3.05, 3.63) is 29.8 Å². The summed E-state index contributed by atoms with van der Waals surface area (Å²) in [5, 5.41) is 3.64. The maximum atomic E-state index is 6.08. The highest BCUT2D eigenvalue weighted by molar-refractivity contribution is 5.30. The van der Waals surface area contributed by atoms with Crippen molar-refractivity contribution in [2.75, 3.05) is 6.54 Å². The van der Waals surface area contributed by atoms with Crippen molar-refractivity contribution >= 4 is 0 Å². The Labute approximate surface area is 129 Å². The molecule has 0 aromatic heterocycles. The van der Waals surface area contributed by atoms with E-state index < -0.39 is 0 Å². The Kier molecular flexibility index (Phi) is 6.07. The smallest absolute Gasteiger partial charge is 0.119 e. The van der Waals surface area contributed by atoms with Crippen molar-refractivity contribution < 1.29 is 9.47 Å². The number of benzene rings is 1. The first-order chi connectivity index (χ1) is 10.1. The van der Waals surface area contributed by atoms with Crippen molar-refractivity contribution in [2.45, 2.75) is 71.3 Å². The zero-order chi connectivity index (χ0) is 15.2. The maximum Gasteiger partial charge on any atom is 0.119 e. The summed E-state index contributed by atoms with van der Waals surface area (Å²) >= 11 is 0. The van der Waals surface area contributed by atoms with Crippen molar-refractivity contribution in [3.63, 3.8) is 0 Å². The third-order valence-corrected chi connectivity index (χ3v) is 3.86. The minimum Gasteiger partial charge on any atom is -0.491 e. The van der Waals surface area contributed by atoms with E-state index in [1.165, 1.54) is 5.56 Å². The molecular formula is C18H29NO2. The van der Waals surface area contributed by atoms with Gasteiger partial charge in [-0.15, -0.1) is 0 Å². The van der Waals surface area contributed by atoms with Gasteiger partial charge in [0, 0.05) is 0 Å². The van der Waals surface area contributed by atoms with Gasteiger partial charge >= 0.3 is 0 Å². The van der Waals surface area contributed by atoms with E-state index in [0.717, 1.165) is 31.6 Å². The number of ether oxygens (including phenoxy) is 2. The van der Waals surface area contributed by atoms with Gasteiger partial charge in [-0.25, -0.2) is 0 Å². The fourth-order valence-electron chi connectivity index (χ4n) is 2.87. The summed E-state index contributed by atoms with van der Waals surface area (Å²) in [7, 11) is 0. The van der Waals surface area contributed by atoms with Gasteiger partial charge in [0.1, 0.15) is 5.75 Å². The molecule has 0 saturated carbocycles. The van der Waals surface area contributed by atoms with E-state index in [-0.39, 0.29) is 18.2 Å². The van der Waals surface area contributed by atoms with Crippen LogP contribution in [0.2, 0.25) is 0 Å². The molecule has 1 aromatic rings. The van der Waals surface area contributed by atoms with E-state index in [0.29, 0.717) is 6.10 Å². The van der Waals surface area contributed by atoms with Crippen LogP contribution in [0.25, 0.3) is 0 Å². The first-order valence-electron chi connectivity index (χ1n) is 8.25. The summed E-state index contributed by atoms with van der Waals surface area (Å²) in [6.07, 6.45) is 4.29. The lowest BCUT2D eigenvalue weighted by molar-refractivity contribution is 0.0316. The molecule has 1 heterocycles. The summed E-state index contributed by atoms with van der Waals surface area (Å²) in [4.78, 5) is 0. The van der Waals surface area contributed by atoms with Gasteiger partial charge in [0.2, 0.25) is 0 Å². The Morgan fingerprint density at radius 2 is 1.95 bits per heavy atom. The first-order valence-corrected chi connectivity index (χ1v) is 8.25. The molecule has 0 aliphatic carbocycles. The van der Waals surface area contributed by atoms with Crippen LogP contribution in [0.3, 0.4) is 0 Å². The topological polar surface area (TPSA) is 30.5 Å². The molecule has 0 amide bonds. The number of hydrogen-bond donors (Lipinski definition) is 1. The molecule has 3 unspecified atom stereocenters. The Morgan fingerprint density at radius 1 is 1.24 bits per heavy atom. The largest absolute Gasteiger partial charge is 0.491 e. The minimum atomic E-state index is 0.212. The Bertz CT molecular complexity index is 416. The molecule has 1 aliphatic rings. The molecule has 3 atom stereocenters. The highest BCUT2D eigenvalue weighted by Crippen LogP contribution is 2.31. The van der Waals surface area contributed by atoms with Gasteiger partial charge in [0.05, 0.1) is 24.4 Å². The monoisotopic (exact) mass is 291 g/mol. The summed E-state index contributed by atoms with van der Waals surface area (Å²) in [6, 6.07) is 8.74. The van der Waals surface area contributed by atoms with Crippen molar-refractivity contribution in [1.29, 1.82) is 0 Å². The SMILES string of the molecule is CCCNC(c1ccc(OC(C)C)cc1)C1CCC(C)O1. The van der Waals surface area contributed by atoms with Crippen LogP contribution in [0.1, 0.15) is 58.6 Å². The summed E-state index contributed by atoms with van der Waals surface area (Å²) < 4.78 is 11.8. The fourth-order valence-corrected chi connectivity index (χ4v) is 2.87. The molecule has 3 heteroatoms. The lowest BCUT2D eigenvalue weighted by atomic mass is 9.99. The predicted molar refractivity (Wildman–Crippen MR) is 86.8 cm³/mol. The lowest BCUT2D eigenvalue weighted by Gasteiger charge is -2.25. The molecule has 1 aliphatic heterocycles. The van der Waals surface area contributed by atoms with Crippen LogP contribution in [0.15, 0.2) is 24.3 Å². The zero-order valence-electron chi connectivity index (χ0n) is 13.8. The maximum absolute atomic E-state index is 6.08. The van der Waals surface area contributed by atoms with Gasteiger partial charge < -0.3 is 14.8 Å². The minimum absolute atomic E-state index is 0.212. The van der Waals surface area contributed by atoms with Crippen LogP contribution < -0.4 is 10.1 Å². The number of hydrogen-bond acceptors (Lipinski definition) is 3. The Hall–Kier alpha value is -1.06. The summed E-state index contributed by atoms with van der Waals surface area (Å²) in [6.45, 7) is 9.47. The molecule has 0 radical (unpaired) electrons. The first kappa shape index (κ1) is 16.3. The van der Waals surface area contributed by atoms with Crippen molar-refractivity contribution in [3.8, 4) is 5.75 Å². The van der Waals surface area contributed by atoms with E-state index >= 15 is 0 Å². The quantitative estimate of drug-likeness (QED) is 0.821. The molecule has 21 heavy (non-hydrogen) atoms. The highest BCUT2D eigenvalue weighted by atomic mass is 16.5. The second kappa shape index (κ2) is 7.81. The highest BCUT2D eigenvalue weighted by Gasteiger charge is 2.30. The van der Waals surface area contributed by atoms with Gasteiger partial charge in [0.25, 0.3) is 0 Å². The van der Waals surface area contributed by atoms with Crippen LogP contribution in [-0.4, -0.2) is 24.9 Å². The average molecular weight is 291 g/mol. The number of rotatable bonds is 7. The van der Waals surface area contributed by atoms with Crippen LogP contribution >= 0.6 is 0 Å². The summed E-state index contributed by atoms with van der Waals surface area (Å²) in [5.41, 5.74) is 1.29. The second-order valence-electron chi connectivity index (χ2n) is 6.23.